The van der Waals surface area contributed by atoms with Crippen molar-refractivity contribution in [2.75, 3.05) is 19.0 Å². The Balaban J connectivity index is 1.59. The molecule has 2 heterocycles. The molecule has 9 heteroatoms. The smallest absolute Gasteiger partial charge is 0.223 e. The van der Waals surface area contributed by atoms with E-state index >= 15 is 0 Å². The van der Waals surface area contributed by atoms with Crippen LogP contribution in [0.5, 0.6) is 0 Å². The van der Waals surface area contributed by atoms with Gasteiger partial charge < -0.3 is 15.9 Å². The Kier molecular flexibility index (Phi) is 7.53. The molecule has 1 fully saturated rings. The number of nitriles is 1. The molecule has 0 unspecified atom stereocenters. The average molecular weight is 455 g/mol. The predicted molar refractivity (Wildman–Crippen MR) is 131 cm³/mol. The molecule has 0 amide bonds. The fraction of sp³-hybridized carbons (Fsp3) is 0.280. The van der Waals surface area contributed by atoms with Crippen LogP contribution in [0.1, 0.15) is 35.5 Å². The molecule has 1 aliphatic carbocycles. The van der Waals surface area contributed by atoms with Gasteiger partial charge in [0.25, 0.3) is 0 Å². The summed E-state index contributed by atoms with van der Waals surface area (Å²) in [4.78, 5) is 18.3. The quantitative estimate of drug-likeness (QED) is 0.273. The number of aromatic nitrogens is 3. The molecule has 0 bridgehead atoms. The van der Waals surface area contributed by atoms with Gasteiger partial charge in [0.1, 0.15) is 5.71 Å². The first-order valence-electron chi connectivity index (χ1n) is 11.0. The van der Waals surface area contributed by atoms with Crippen molar-refractivity contribution in [3.8, 4) is 17.3 Å². The highest BCUT2D eigenvalue weighted by Crippen LogP contribution is 2.29. The number of rotatable bonds is 10. The lowest BCUT2D eigenvalue weighted by Gasteiger charge is -2.10. The van der Waals surface area contributed by atoms with Crippen LogP contribution in [0.3, 0.4) is 0 Å². The SMILES string of the molecule is COCc1cccc(CN=C/C(=N\N)c2cc(-c3cccc(C#N)c3)nc(NCC3CC3)n2)n1. The molecule has 3 aromatic rings. The van der Waals surface area contributed by atoms with E-state index < -0.39 is 0 Å². The third-order valence-electron chi connectivity index (χ3n) is 5.28. The van der Waals surface area contributed by atoms with Crippen LogP contribution in [-0.2, 0) is 17.9 Å². The van der Waals surface area contributed by atoms with E-state index in [-0.39, 0.29) is 0 Å². The van der Waals surface area contributed by atoms with Crippen molar-refractivity contribution in [3.63, 3.8) is 0 Å². The predicted octanol–water partition coefficient (Wildman–Crippen LogP) is 3.31. The maximum absolute atomic E-state index is 9.27. The van der Waals surface area contributed by atoms with E-state index in [0.29, 0.717) is 47.7 Å². The fourth-order valence-electron chi connectivity index (χ4n) is 3.35. The van der Waals surface area contributed by atoms with Gasteiger partial charge in [0.2, 0.25) is 5.95 Å². The number of ether oxygens (including phenoxy) is 1. The zero-order valence-corrected chi connectivity index (χ0v) is 19.0. The lowest BCUT2D eigenvalue weighted by atomic mass is 10.1. The summed E-state index contributed by atoms with van der Waals surface area (Å²) in [6, 6.07) is 17.0. The van der Waals surface area contributed by atoms with Crippen LogP contribution in [0.4, 0.5) is 5.95 Å². The van der Waals surface area contributed by atoms with Gasteiger partial charge in [-0.15, -0.1) is 0 Å². The van der Waals surface area contributed by atoms with Gasteiger partial charge in [-0.3, -0.25) is 9.98 Å². The molecular weight excluding hydrogens is 428 g/mol. The number of nitrogens with two attached hydrogens (primary N) is 1. The number of aliphatic imine (C=N–C) groups is 1. The summed E-state index contributed by atoms with van der Waals surface area (Å²) < 4.78 is 5.14. The number of nitrogens with zero attached hydrogens (tertiary/aromatic N) is 6. The highest BCUT2D eigenvalue weighted by Gasteiger charge is 2.21. The van der Waals surface area contributed by atoms with Crippen molar-refractivity contribution in [2.45, 2.75) is 26.0 Å². The van der Waals surface area contributed by atoms with E-state index in [1.54, 1.807) is 31.5 Å². The van der Waals surface area contributed by atoms with Gasteiger partial charge in [-0.2, -0.15) is 10.4 Å². The van der Waals surface area contributed by atoms with Gasteiger partial charge in [-0.05, 0) is 49.1 Å². The Hall–Kier alpha value is -4.16. The number of nitrogens with one attached hydrogen (secondary N) is 1. The summed E-state index contributed by atoms with van der Waals surface area (Å²) in [7, 11) is 1.64. The van der Waals surface area contributed by atoms with Crippen molar-refractivity contribution in [1.29, 1.82) is 5.26 Å². The van der Waals surface area contributed by atoms with Gasteiger partial charge in [-0.1, -0.05) is 18.2 Å². The normalized spacial score (nSPS) is 13.7. The molecule has 2 aromatic heterocycles. The zero-order valence-electron chi connectivity index (χ0n) is 19.0. The van der Waals surface area contributed by atoms with E-state index in [2.05, 4.69) is 36.4 Å². The second-order valence-corrected chi connectivity index (χ2v) is 8.02. The maximum atomic E-state index is 9.27. The van der Waals surface area contributed by atoms with Crippen molar-refractivity contribution in [3.05, 3.63) is 71.2 Å². The zero-order chi connectivity index (χ0) is 23.8. The molecule has 34 heavy (non-hydrogen) atoms. The first-order valence-corrected chi connectivity index (χ1v) is 11.0. The van der Waals surface area contributed by atoms with E-state index in [4.69, 9.17) is 10.6 Å². The number of benzene rings is 1. The van der Waals surface area contributed by atoms with Crippen LogP contribution >= 0.6 is 0 Å². The largest absolute Gasteiger partial charge is 0.378 e. The van der Waals surface area contributed by atoms with E-state index in [1.165, 1.54) is 12.8 Å². The van der Waals surface area contributed by atoms with Crippen LogP contribution in [-0.4, -0.2) is 40.5 Å². The van der Waals surface area contributed by atoms with Gasteiger partial charge in [0, 0.05) is 19.2 Å². The summed E-state index contributed by atoms with van der Waals surface area (Å²) in [5, 5.41) is 16.5. The van der Waals surface area contributed by atoms with E-state index in [0.717, 1.165) is 23.5 Å². The molecule has 0 spiro atoms. The minimum Gasteiger partial charge on any atom is -0.378 e. The highest BCUT2D eigenvalue weighted by molar-refractivity contribution is 6.37. The second kappa shape index (κ2) is 11.1. The molecular formula is C25H26N8O. The van der Waals surface area contributed by atoms with Gasteiger partial charge in [0.05, 0.1) is 53.8 Å². The highest BCUT2D eigenvalue weighted by atomic mass is 16.5. The number of hydrogen-bond acceptors (Lipinski definition) is 9. The van der Waals surface area contributed by atoms with Crippen LogP contribution in [0.15, 0.2) is 58.6 Å². The third kappa shape index (κ3) is 6.21. The fourth-order valence-corrected chi connectivity index (χ4v) is 3.35. The molecule has 9 nitrogen and oxygen atoms in total. The molecule has 4 rings (SSSR count). The van der Waals surface area contributed by atoms with Crippen LogP contribution in [0.25, 0.3) is 11.3 Å². The molecule has 1 saturated carbocycles. The minimum atomic E-state index is 0.367. The molecule has 172 valence electrons. The number of anilines is 1. The Labute approximate surface area is 198 Å². The third-order valence-corrected chi connectivity index (χ3v) is 5.28. The molecule has 0 aliphatic heterocycles. The molecule has 0 radical (unpaired) electrons. The topological polar surface area (TPSA) is 134 Å². The van der Waals surface area contributed by atoms with Crippen molar-refractivity contribution in [2.24, 2.45) is 21.9 Å². The Bertz CT molecular complexity index is 1240. The van der Waals surface area contributed by atoms with Gasteiger partial charge in [-0.25, -0.2) is 9.97 Å². The second-order valence-electron chi connectivity index (χ2n) is 8.02. The average Bonchev–Trinajstić information content (AvgIpc) is 3.70. The van der Waals surface area contributed by atoms with Crippen LogP contribution in [0, 0.1) is 17.2 Å². The first kappa shape index (κ1) is 23.0. The molecule has 0 saturated heterocycles. The number of methoxy groups -OCH3 is 1. The molecule has 1 aliphatic rings. The van der Waals surface area contributed by atoms with Gasteiger partial charge in [0.15, 0.2) is 0 Å². The van der Waals surface area contributed by atoms with E-state index in [1.807, 2.05) is 30.3 Å². The molecule has 1 aromatic carbocycles. The Morgan fingerprint density at radius 1 is 1.18 bits per heavy atom. The maximum Gasteiger partial charge on any atom is 0.223 e. The summed E-state index contributed by atoms with van der Waals surface area (Å²) in [6.45, 7) is 1.62. The lowest BCUT2D eigenvalue weighted by Crippen LogP contribution is -2.14. The Morgan fingerprint density at radius 2 is 2.00 bits per heavy atom. The summed E-state index contributed by atoms with van der Waals surface area (Å²) in [5.74, 6) is 6.85. The standard InChI is InChI=1S/C25H26N8O/c1-34-16-21-7-3-6-20(30-21)14-28-15-24(33-27)23-11-22(19-5-2-4-18(10-19)12-26)31-25(32-23)29-13-17-8-9-17/h2-7,10-11,15,17H,8-9,13-14,16,27H2,1H3,(H,29,31,32)/b28-15?,33-24+. The van der Waals surface area contributed by atoms with Crippen LogP contribution < -0.4 is 11.2 Å². The van der Waals surface area contributed by atoms with Gasteiger partial charge >= 0.3 is 0 Å². The number of hydrogen-bond donors (Lipinski definition) is 2. The number of hydrazone groups is 1. The first-order chi connectivity index (χ1) is 16.7. The molecule has 0 atom stereocenters. The summed E-state index contributed by atoms with van der Waals surface area (Å²) >= 11 is 0. The van der Waals surface area contributed by atoms with E-state index in [9.17, 15) is 5.26 Å². The minimum absolute atomic E-state index is 0.367. The number of pyridine rings is 1. The summed E-state index contributed by atoms with van der Waals surface area (Å²) in [5.41, 5.74) is 4.65. The Morgan fingerprint density at radius 3 is 2.76 bits per heavy atom. The summed E-state index contributed by atoms with van der Waals surface area (Å²) in [6.07, 6.45) is 4.02. The van der Waals surface area contributed by atoms with Crippen molar-refractivity contribution >= 4 is 17.9 Å². The van der Waals surface area contributed by atoms with Crippen LogP contribution in [0.2, 0.25) is 0 Å². The van der Waals surface area contributed by atoms with Crippen molar-refractivity contribution < 1.29 is 4.74 Å². The molecule has 3 N–H and O–H groups in total. The monoisotopic (exact) mass is 454 g/mol. The lowest BCUT2D eigenvalue weighted by molar-refractivity contribution is 0.181. The van der Waals surface area contributed by atoms with Crippen molar-refractivity contribution in [1.82, 2.24) is 15.0 Å².